The first-order valence-corrected chi connectivity index (χ1v) is 7.18. The van der Waals surface area contributed by atoms with E-state index in [1.807, 2.05) is 19.1 Å². The number of halogens is 1. The Balaban J connectivity index is 2.58. The summed E-state index contributed by atoms with van der Waals surface area (Å²) in [7, 11) is 0. The second-order valence-corrected chi connectivity index (χ2v) is 5.04. The average molecular weight is 321 g/mol. The van der Waals surface area contributed by atoms with Crippen LogP contribution in [0.1, 0.15) is 25.1 Å². The number of hydrogen-bond acceptors (Lipinski definition) is 4. The van der Waals surface area contributed by atoms with Crippen LogP contribution in [0.25, 0.3) is 11.5 Å². The molecule has 0 aliphatic rings. The summed E-state index contributed by atoms with van der Waals surface area (Å²) in [6.45, 7) is 7.05. The van der Waals surface area contributed by atoms with Crippen LogP contribution in [0.3, 0.4) is 0 Å². The first kappa shape index (κ1) is 13.9. The zero-order chi connectivity index (χ0) is 13.8. The van der Waals surface area contributed by atoms with Gasteiger partial charge in [0.1, 0.15) is 11.5 Å². The van der Waals surface area contributed by atoms with Gasteiger partial charge in [-0.1, -0.05) is 6.92 Å². The van der Waals surface area contributed by atoms with Crippen LogP contribution in [-0.2, 0) is 6.42 Å². The van der Waals surface area contributed by atoms with Gasteiger partial charge in [0.05, 0.1) is 0 Å². The highest BCUT2D eigenvalue weighted by atomic mass is 79.9. The Morgan fingerprint density at radius 3 is 2.68 bits per heavy atom. The van der Waals surface area contributed by atoms with E-state index in [1.54, 1.807) is 6.20 Å². The number of aryl methyl sites for hydroxylation is 1. The molecule has 0 atom stereocenters. The minimum Gasteiger partial charge on any atom is -0.370 e. The molecule has 0 saturated heterocycles. The van der Waals surface area contributed by atoms with Gasteiger partial charge in [-0.25, -0.2) is 9.97 Å². The lowest BCUT2D eigenvalue weighted by Crippen LogP contribution is -2.08. The second kappa shape index (κ2) is 6.10. The van der Waals surface area contributed by atoms with Gasteiger partial charge in [0.25, 0.3) is 0 Å². The molecule has 1 N–H and O–H groups in total. The molecule has 0 spiro atoms. The average Bonchev–Trinajstić information content (AvgIpc) is 2.42. The van der Waals surface area contributed by atoms with E-state index < -0.39 is 0 Å². The quantitative estimate of drug-likeness (QED) is 0.935. The molecule has 2 heterocycles. The van der Waals surface area contributed by atoms with Crippen LogP contribution in [0.15, 0.2) is 22.8 Å². The van der Waals surface area contributed by atoms with Gasteiger partial charge in [-0.2, -0.15) is 0 Å². The van der Waals surface area contributed by atoms with E-state index in [1.165, 1.54) is 0 Å². The molecule has 19 heavy (non-hydrogen) atoms. The largest absolute Gasteiger partial charge is 0.370 e. The maximum Gasteiger partial charge on any atom is 0.181 e. The van der Waals surface area contributed by atoms with Crippen molar-refractivity contribution >= 4 is 21.7 Å². The predicted octanol–water partition coefficient (Wildman–Crippen LogP) is 3.60. The number of hydrogen-bond donors (Lipinski definition) is 1. The maximum absolute atomic E-state index is 4.62. The van der Waals surface area contributed by atoms with Gasteiger partial charge < -0.3 is 5.32 Å². The number of nitrogens with one attached hydrogen (secondary N) is 1. The van der Waals surface area contributed by atoms with Crippen LogP contribution in [0.2, 0.25) is 0 Å². The highest BCUT2D eigenvalue weighted by Crippen LogP contribution is 2.26. The first-order valence-electron chi connectivity index (χ1n) is 6.39. The summed E-state index contributed by atoms with van der Waals surface area (Å²) in [6, 6.07) is 3.83. The summed E-state index contributed by atoms with van der Waals surface area (Å²) >= 11 is 3.50. The van der Waals surface area contributed by atoms with Gasteiger partial charge in [0.15, 0.2) is 5.82 Å². The molecule has 2 aromatic rings. The summed E-state index contributed by atoms with van der Waals surface area (Å²) in [5.41, 5.74) is 2.94. The molecule has 0 fully saturated rings. The maximum atomic E-state index is 4.62. The molecular formula is C14H17BrN4. The van der Waals surface area contributed by atoms with Crippen LogP contribution in [0, 0.1) is 6.92 Å². The molecule has 0 aliphatic heterocycles. The fourth-order valence-electron chi connectivity index (χ4n) is 1.90. The van der Waals surface area contributed by atoms with Crippen molar-refractivity contribution in [3.63, 3.8) is 0 Å². The number of pyridine rings is 1. The molecule has 0 amide bonds. The SMILES string of the molecule is CCNc1nc(-c2ncccc2Br)nc(CC)c1C. The van der Waals surface area contributed by atoms with Gasteiger partial charge in [0, 0.05) is 28.5 Å². The Bertz CT molecular complexity index is 584. The van der Waals surface area contributed by atoms with E-state index in [2.05, 4.69) is 50.0 Å². The molecule has 2 aromatic heterocycles. The van der Waals surface area contributed by atoms with Crippen molar-refractivity contribution in [2.24, 2.45) is 0 Å². The van der Waals surface area contributed by atoms with Crippen molar-refractivity contribution in [3.05, 3.63) is 34.1 Å². The van der Waals surface area contributed by atoms with E-state index >= 15 is 0 Å². The van der Waals surface area contributed by atoms with Gasteiger partial charge in [0.2, 0.25) is 0 Å². The minimum absolute atomic E-state index is 0.658. The molecule has 0 bridgehead atoms. The third kappa shape index (κ3) is 2.92. The van der Waals surface area contributed by atoms with E-state index in [-0.39, 0.29) is 0 Å². The highest BCUT2D eigenvalue weighted by molar-refractivity contribution is 9.10. The lowest BCUT2D eigenvalue weighted by molar-refractivity contribution is 0.964. The fourth-order valence-corrected chi connectivity index (χ4v) is 2.34. The van der Waals surface area contributed by atoms with Crippen molar-refractivity contribution in [3.8, 4) is 11.5 Å². The van der Waals surface area contributed by atoms with Crippen molar-refractivity contribution in [2.45, 2.75) is 27.2 Å². The van der Waals surface area contributed by atoms with E-state index in [0.717, 1.165) is 40.2 Å². The predicted molar refractivity (Wildman–Crippen MR) is 81.2 cm³/mol. The topological polar surface area (TPSA) is 50.7 Å². The summed E-state index contributed by atoms with van der Waals surface area (Å²) in [6.07, 6.45) is 2.63. The number of aromatic nitrogens is 3. The fraction of sp³-hybridized carbons (Fsp3) is 0.357. The monoisotopic (exact) mass is 320 g/mol. The van der Waals surface area contributed by atoms with Crippen molar-refractivity contribution in [1.82, 2.24) is 15.0 Å². The van der Waals surface area contributed by atoms with Crippen LogP contribution < -0.4 is 5.32 Å². The highest BCUT2D eigenvalue weighted by Gasteiger charge is 2.13. The van der Waals surface area contributed by atoms with Crippen LogP contribution >= 0.6 is 15.9 Å². The van der Waals surface area contributed by atoms with Gasteiger partial charge in [-0.3, -0.25) is 4.98 Å². The third-order valence-electron chi connectivity index (χ3n) is 2.90. The van der Waals surface area contributed by atoms with Gasteiger partial charge in [-0.15, -0.1) is 0 Å². The summed E-state index contributed by atoms with van der Waals surface area (Å²) < 4.78 is 0.906. The molecule has 100 valence electrons. The first-order chi connectivity index (χ1) is 9.17. The second-order valence-electron chi connectivity index (χ2n) is 4.19. The van der Waals surface area contributed by atoms with Crippen LogP contribution in [0.4, 0.5) is 5.82 Å². The van der Waals surface area contributed by atoms with Gasteiger partial charge >= 0.3 is 0 Å². The lowest BCUT2D eigenvalue weighted by atomic mass is 10.2. The van der Waals surface area contributed by atoms with E-state index in [9.17, 15) is 0 Å². The molecule has 2 rings (SSSR count). The normalized spacial score (nSPS) is 10.5. The molecule has 5 heteroatoms. The molecule has 0 radical (unpaired) electrons. The smallest absolute Gasteiger partial charge is 0.181 e. The standard InChI is InChI=1S/C14H17BrN4/c1-4-11-9(3)13(16-5-2)19-14(18-11)12-10(15)7-6-8-17-12/h6-8H,4-5H2,1-3H3,(H,16,18,19). The Hall–Kier alpha value is -1.49. The van der Waals surface area contributed by atoms with E-state index in [0.29, 0.717) is 5.82 Å². The van der Waals surface area contributed by atoms with Crippen molar-refractivity contribution in [2.75, 3.05) is 11.9 Å². The lowest BCUT2D eigenvalue weighted by Gasteiger charge is -2.12. The zero-order valence-electron chi connectivity index (χ0n) is 11.4. The Kier molecular flexibility index (Phi) is 4.47. The molecule has 0 saturated carbocycles. The van der Waals surface area contributed by atoms with Crippen molar-refractivity contribution < 1.29 is 0 Å². The summed E-state index contributed by atoms with van der Waals surface area (Å²) in [4.78, 5) is 13.6. The molecule has 0 aliphatic carbocycles. The third-order valence-corrected chi connectivity index (χ3v) is 3.54. The molecule has 4 nitrogen and oxygen atoms in total. The zero-order valence-corrected chi connectivity index (χ0v) is 13.0. The Morgan fingerprint density at radius 2 is 2.05 bits per heavy atom. The number of anilines is 1. The number of rotatable bonds is 4. The van der Waals surface area contributed by atoms with Crippen molar-refractivity contribution in [1.29, 1.82) is 0 Å². The van der Waals surface area contributed by atoms with Crippen LogP contribution in [0.5, 0.6) is 0 Å². The molecule has 0 unspecified atom stereocenters. The van der Waals surface area contributed by atoms with Gasteiger partial charge in [-0.05, 0) is 48.3 Å². The molecule has 0 aromatic carbocycles. The number of nitrogens with zero attached hydrogens (tertiary/aromatic N) is 3. The van der Waals surface area contributed by atoms with E-state index in [4.69, 9.17) is 0 Å². The summed E-state index contributed by atoms with van der Waals surface area (Å²) in [5.74, 6) is 1.55. The molecular weight excluding hydrogens is 304 g/mol. The Labute approximate surface area is 121 Å². The van der Waals surface area contributed by atoms with Crippen LogP contribution in [-0.4, -0.2) is 21.5 Å². The summed E-state index contributed by atoms with van der Waals surface area (Å²) in [5, 5.41) is 3.29. The Morgan fingerprint density at radius 1 is 1.26 bits per heavy atom. The minimum atomic E-state index is 0.658.